The van der Waals surface area contributed by atoms with Crippen LogP contribution in [0.3, 0.4) is 0 Å². The molecule has 16 heavy (non-hydrogen) atoms. The van der Waals surface area contributed by atoms with Crippen LogP contribution in [-0.2, 0) is 0 Å². The van der Waals surface area contributed by atoms with E-state index in [1.165, 1.54) is 0 Å². The summed E-state index contributed by atoms with van der Waals surface area (Å²) in [6, 6.07) is 5.24. The second-order valence-corrected chi connectivity index (χ2v) is 3.24. The van der Waals surface area contributed by atoms with Gasteiger partial charge in [0.2, 0.25) is 5.95 Å². The molecule has 0 spiro atoms. The van der Waals surface area contributed by atoms with Gasteiger partial charge in [-0.2, -0.15) is 0 Å². The van der Waals surface area contributed by atoms with E-state index in [-0.39, 0.29) is 11.9 Å². The molecule has 7 nitrogen and oxygen atoms in total. The Balaban J connectivity index is 2.24. The summed E-state index contributed by atoms with van der Waals surface area (Å²) in [5.41, 5.74) is 7.49. The molecule has 0 aliphatic carbocycles. The third-order valence-electron chi connectivity index (χ3n) is 2.15. The minimum Gasteiger partial charge on any atom is -0.398 e. The van der Waals surface area contributed by atoms with Gasteiger partial charge in [-0.05, 0) is 29.0 Å². The smallest absolute Gasteiger partial charge is 0.260 e. The van der Waals surface area contributed by atoms with Gasteiger partial charge >= 0.3 is 0 Å². The molecule has 2 aromatic rings. The fourth-order valence-electron chi connectivity index (χ4n) is 1.27. The minimum atomic E-state index is -0.347. The zero-order valence-corrected chi connectivity index (χ0v) is 8.56. The Labute approximate surface area is 91.0 Å². The molecule has 1 aromatic carbocycles. The summed E-state index contributed by atoms with van der Waals surface area (Å²) in [6.07, 6.45) is 0. The van der Waals surface area contributed by atoms with Gasteiger partial charge in [0.25, 0.3) is 5.91 Å². The highest BCUT2D eigenvalue weighted by atomic mass is 16.1. The normalized spacial score (nSPS) is 10.1. The van der Waals surface area contributed by atoms with Crippen molar-refractivity contribution in [2.75, 3.05) is 11.1 Å². The Morgan fingerprint density at radius 2 is 2.31 bits per heavy atom. The molecule has 1 aromatic heterocycles. The zero-order valence-electron chi connectivity index (χ0n) is 8.56. The second kappa shape index (κ2) is 3.97. The predicted molar refractivity (Wildman–Crippen MR) is 57.7 cm³/mol. The van der Waals surface area contributed by atoms with Gasteiger partial charge in [-0.3, -0.25) is 10.1 Å². The van der Waals surface area contributed by atoms with Crippen LogP contribution < -0.4 is 11.1 Å². The number of benzene rings is 1. The number of amides is 1. The molecule has 0 unspecified atom stereocenters. The van der Waals surface area contributed by atoms with E-state index in [9.17, 15) is 4.79 Å². The topological polar surface area (TPSA) is 110 Å². The molecule has 0 bridgehead atoms. The van der Waals surface area contributed by atoms with Crippen LogP contribution in [0.25, 0.3) is 0 Å². The molecule has 2 rings (SSSR count). The van der Waals surface area contributed by atoms with Crippen LogP contribution in [0.1, 0.15) is 15.9 Å². The van der Waals surface area contributed by atoms with Crippen LogP contribution >= 0.6 is 0 Å². The zero-order chi connectivity index (χ0) is 11.5. The summed E-state index contributed by atoms with van der Waals surface area (Å²) < 4.78 is 0. The number of carbonyl (C=O) groups is 1. The number of nitrogens with two attached hydrogens (primary N) is 1. The van der Waals surface area contributed by atoms with Crippen LogP contribution in [0.2, 0.25) is 0 Å². The number of para-hydroxylation sites is 1. The molecule has 0 fully saturated rings. The van der Waals surface area contributed by atoms with E-state index < -0.39 is 0 Å². The van der Waals surface area contributed by atoms with Crippen molar-refractivity contribution in [3.8, 4) is 0 Å². The van der Waals surface area contributed by atoms with E-state index in [4.69, 9.17) is 5.73 Å². The molecular formula is C9H10N6O. The van der Waals surface area contributed by atoms with Crippen molar-refractivity contribution >= 4 is 17.5 Å². The van der Waals surface area contributed by atoms with Crippen molar-refractivity contribution < 1.29 is 4.79 Å². The number of nitrogen functional groups attached to an aromatic ring is 1. The molecule has 1 amide bonds. The van der Waals surface area contributed by atoms with Gasteiger partial charge in [-0.25, -0.2) is 5.10 Å². The minimum absolute atomic E-state index is 0.186. The first kappa shape index (κ1) is 10.1. The van der Waals surface area contributed by atoms with E-state index in [0.717, 1.165) is 5.56 Å². The third kappa shape index (κ3) is 1.83. The quantitative estimate of drug-likeness (QED) is 0.630. The fourth-order valence-corrected chi connectivity index (χ4v) is 1.27. The van der Waals surface area contributed by atoms with Crippen LogP contribution in [0, 0.1) is 6.92 Å². The molecule has 0 saturated heterocycles. The lowest BCUT2D eigenvalue weighted by molar-refractivity contribution is 0.102. The number of rotatable bonds is 2. The van der Waals surface area contributed by atoms with Crippen LogP contribution in [0.15, 0.2) is 18.2 Å². The van der Waals surface area contributed by atoms with Gasteiger partial charge in [0.05, 0.1) is 5.56 Å². The molecule has 82 valence electrons. The van der Waals surface area contributed by atoms with Gasteiger partial charge in [-0.1, -0.05) is 17.2 Å². The summed E-state index contributed by atoms with van der Waals surface area (Å²) in [4.78, 5) is 11.8. The largest absolute Gasteiger partial charge is 0.398 e. The molecule has 0 radical (unpaired) electrons. The summed E-state index contributed by atoms with van der Waals surface area (Å²) >= 11 is 0. The Morgan fingerprint density at radius 1 is 1.50 bits per heavy atom. The summed E-state index contributed by atoms with van der Waals surface area (Å²) in [7, 11) is 0. The number of tetrazole rings is 1. The maximum absolute atomic E-state index is 11.8. The second-order valence-electron chi connectivity index (χ2n) is 3.24. The highest BCUT2D eigenvalue weighted by molar-refractivity contribution is 6.07. The standard InChI is InChI=1S/C9H10N6O/c1-5-3-2-4-6(7(5)10)8(16)11-9-12-14-15-13-9/h2-4H,10H2,1H3,(H2,11,12,13,14,15,16). The average molecular weight is 218 g/mol. The van der Waals surface area contributed by atoms with E-state index in [2.05, 4.69) is 25.9 Å². The number of aryl methyl sites for hydroxylation is 1. The molecular weight excluding hydrogens is 208 g/mol. The number of aromatic amines is 1. The lowest BCUT2D eigenvalue weighted by Gasteiger charge is -2.06. The summed E-state index contributed by atoms with van der Waals surface area (Å²) in [5, 5.41) is 15.2. The monoisotopic (exact) mass is 218 g/mol. The molecule has 0 aliphatic rings. The van der Waals surface area contributed by atoms with Gasteiger partial charge in [0, 0.05) is 5.69 Å². The van der Waals surface area contributed by atoms with Crippen LogP contribution in [0.5, 0.6) is 0 Å². The van der Waals surface area contributed by atoms with E-state index in [1.807, 2.05) is 13.0 Å². The number of carbonyl (C=O) groups excluding carboxylic acids is 1. The Morgan fingerprint density at radius 3 is 3.00 bits per heavy atom. The van der Waals surface area contributed by atoms with Crippen LogP contribution in [0.4, 0.5) is 11.6 Å². The van der Waals surface area contributed by atoms with Crippen molar-refractivity contribution in [1.82, 2.24) is 20.6 Å². The van der Waals surface area contributed by atoms with E-state index in [1.54, 1.807) is 12.1 Å². The Hall–Kier alpha value is -2.44. The van der Waals surface area contributed by atoms with Crippen LogP contribution in [-0.4, -0.2) is 26.5 Å². The van der Waals surface area contributed by atoms with Gasteiger partial charge < -0.3 is 5.73 Å². The third-order valence-corrected chi connectivity index (χ3v) is 2.15. The molecule has 1 heterocycles. The number of nitrogens with zero attached hydrogens (tertiary/aromatic N) is 3. The first-order chi connectivity index (χ1) is 7.68. The fraction of sp³-hybridized carbons (Fsp3) is 0.111. The molecule has 0 saturated carbocycles. The van der Waals surface area contributed by atoms with Crippen molar-refractivity contribution in [3.05, 3.63) is 29.3 Å². The van der Waals surface area contributed by atoms with Crippen molar-refractivity contribution in [3.63, 3.8) is 0 Å². The van der Waals surface area contributed by atoms with Gasteiger partial charge in [-0.15, -0.1) is 0 Å². The molecule has 4 N–H and O–H groups in total. The Kier molecular flexibility index (Phi) is 2.50. The summed E-state index contributed by atoms with van der Waals surface area (Å²) in [5.74, 6) is -0.161. The molecule has 0 atom stereocenters. The number of anilines is 2. The number of H-pyrrole nitrogens is 1. The highest BCUT2D eigenvalue weighted by Crippen LogP contribution is 2.16. The first-order valence-corrected chi connectivity index (χ1v) is 4.58. The lowest BCUT2D eigenvalue weighted by atomic mass is 10.1. The van der Waals surface area contributed by atoms with Gasteiger partial charge in [0.15, 0.2) is 0 Å². The summed E-state index contributed by atoms with van der Waals surface area (Å²) in [6.45, 7) is 1.84. The maximum Gasteiger partial charge on any atom is 0.260 e. The predicted octanol–water partition coefficient (Wildman–Crippen LogP) is 0.343. The molecule has 7 heteroatoms. The average Bonchev–Trinajstić information content (AvgIpc) is 2.74. The lowest BCUT2D eigenvalue weighted by Crippen LogP contribution is -2.15. The van der Waals surface area contributed by atoms with Crippen molar-refractivity contribution in [2.24, 2.45) is 0 Å². The highest BCUT2D eigenvalue weighted by Gasteiger charge is 2.12. The van der Waals surface area contributed by atoms with Gasteiger partial charge in [0.1, 0.15) is 0 Å². The number of hydrogen-bond donors (Lipinski definition) is 3. The maximum atomic E-state index is 11.8. The van der Waals surface area contributed by atoms with E-state index in [0.29, 0.717) is 11.3 Å². The van der Waals surface area contributed by atoms with E-state index >= 15 is 0 Å². The Bertz CT molecular complexity index is 507. The number of nitrogens with one attached hydrogen (secondary N) is 2. The first-order valence-electron chi connectivity index (χ1n) is 4.58. The van der Waals surface area contributed by atoms with Crippen molar-refractivity contribution in [1.29, 1.82) is 0 Å². The van der Waals surface area contributed by atoms with Crippen molar-refractivity contribution in [2.45, 2.75) is 6.92 Å². The molecule has 0 aliphatic heterocycles. The SMILES string of the molecule is Cc1cccc(C(=O)Nc2nnn[nH]2)c1N. The number of hydrogen-bond acceptors (Lipinski definition) is 5. The number of aromatic nitrogens is 4.